The quantitative estimate of drug-likeness (QED) is 0.583. The van der Waals surface area contributed by atoms with Crippen LogP contribution in [0, 0.1) is 5.92 Å². The molecule has 0 bridgehead atoms. The van der Waals surface area contributed by atoms with E-state index in [4.69, 9.17) is 12.2 Å². The summed E-state index contributed by atoms with van der Waals surface area (Å²) in [6.45, 7) is 5.78. The fourth-order valence-electron chi connectivity index (χ4n) is 3.38. The molecule has 0 spiro atoms. The second kappa shape index (κ2) is 8.33. The Kier molecular flexibility index (Phi) is 5.66. The molecule has 6 heteroatoms. The average molecular weight is 397 g/mol. The lowest BCUT2D eigenvalue weighted by Gasteiger charge is -2.30. The number of thiocarbonyl (C=S) groups is 1. The van der Waals surface area contributed by atoms with Crippen molar-refractivity contribution < 1.29 is 0 Å². The highest BCUT2D eigenvalue weighted by Gasteiger charge is 2.16. The lowest BCUT2D eigenvalue weighted by Crippen LogP contribution is -2.32. The third-order valence-electron chi connectivity index (χ3n) is 4.99. The van der Waals surface area contributed by atoms with Crippen molar-refractivity contribution in [3.05, 3.63) is 54.1 Å². The van der Waals surface area contributed by atoms with E-state index in [1.54, 1.807) is 11.3 Å². The fraction of sp³-hybridized carbons (Fsp3) is 0.333. The minimum atomic E-state index is 0.558. The molecule has 0 unspecified atom stereocenters. The molecule has 1 fully saturated rings. The van der Waals surface area contributed by atoms with Crippen LogP contribution in [0.15, 0.2) is 48.5 Å². The van der Waals surface area contributed by atoms with Crippen LogP contribution in [0.2, 0.25) is 0 Å². The van der Waals surface area contributed by atoms with Gasteiger partial charge in [0.15, 0.2) is 10.2 Å². The monoisotopic (exact) mass is 396 g/mol. The molecule has 0 radical (unpaired) electrons. The molecule has 2 N–H and O–H groups in total. The summed E-state index contributed by atoms with van der Waals surface area (Å²) in [5.74, 6) is 0.868. The summed E-state index contributed by atoms with van der Waals surface area (Å²) < 4.78 is 1.20. The van der Waals surface area contributed by atoms with Gasteiger partial charge in [-0.15, -0.1) is 0 Å². The van der Waals surface area contributed by atoms with E-state index in [2.05, 4.69) is 45.6 Å². The van der Waals surface area contributed by atoms with Crippen molar-refractivity contribution in [1.82, 2.24) is 9.88 Å². The normalized spacial score (nSPS) is 15.7. The van der Waals surface area contributed by atoms with E-state index in [9.17, 15) is 0 Å². The predicted octanol–water partition coefficient (Wildman–Crippen LogP) is 5.34. The zero-order valence-electron chi connectivity index (χ0n) is 15.4. The maximum atomic E-state index is 5.40. The van der Waals surface area contributed by atoms with Crippen LogP contribution in [0.25, 0.3) is 10.2 Å². The number of aromatic nitrogens is 1. The zero-order valence-corrected chi connectivity index (χ0v) is 17.1. The molecular weight excluding hydrogens is 372 g/mol. The second-order valence-electron chi connectivity index (χ2n) is 7.22. The van der Waals surface area contributed by atoms with Crippen molar-refractivity contribution in [1.29, 1.82) is 0 Å². The van der Waals surface area contributed by atoms with Gasteiger partial charge in [0.2, 0.25) is 0 Å². The molecule has 140 valence electrons. The van der Waals surface area contributed by atoms with Crippen LogP contribution >= 0.6 is 23.6 Å². The number of hydrogen-bond acceptors (Lipinski definition) is 4. The minimum absolute atomic E-state index is 0.558. The molecule has 1 saturated heterocycles. The molecule has 27 heavy (non-hydrogen) atoms. The van der Waals surface area contributed by atoms with Gasteiger partial charge in [0.1, 0.15) is 0 Å². The number of likely N-dealkylation sites (tertiary alicyclic amines) is 1. The summed E-state index contributed by atoms with van der Waals surface area (Å²) >= 11 is 7.05. The van der Waals surface area contributed by atoms with Crippen LogP contribution in [-0.2, 0) is 6.54 Å². The minimum Gasteiger partial charge on any atom is -0.332 e. The Morgan fingerprint density at radius 3 is 2.70 bits per heavy atom. The van der Waals surface area contributed by atoms with Gasteiger partial charge in [0.05, 0.1) is 10.2 Å². The van der Waals surface area contributed by atoms with Gasteiger partial charge in [-0.25, -0.2) is 4.98 Å². The number of hydrogen-bond donors (Lipinski definition) is 2. The number of anilines is 2. The van der Waals surface area contributed by atoms with E-state index in [1.165, 1.54) is 36.2 Å². The first kappa shape index (κ1) is 18.3. The number of nitrogens with one attached hydrogen (secondary N) is 2. The number of rotatable bonds is 4. The van der Waals surface area contributed by atoms with E-state index in [0.29, 0.717) is 5.11 Å². The maximum Gasteiger partial charge on any atom is 0.190 e. The van der Waals surface area contributed by atoms with Crippen LogP contribution < -0.4 is 10.6 Å². The van der Waals surface area contributed by atoms with Crippen molar-refractivity contribution in [2.24, 2.45) is 5.92 Å². The summed E-state index contributed by atoms with van der Waals surface area (Å²) in [7, 11) is 0. The predicted molar refractivity (Wildman–Crippen MR) is 120 cm³/mol. The molecule has 1 aromatic heterocycles. The number of nitrogens with zero attached hydrogens (tertiary/aromatic N) is 2. The van der Waals surface area contributed by atoms with Crippen molar-refractivity contribution in [3.63, 3.8) is 0 Å². The number of piperidine rings is 1. The third kappa shape index (κ3) is 4.83. The van der Waals surface area contributed by atoms with Crippen LogP contribution in [0.4, 0.5) is 10.8 Å². The van der Waals surface area contributed by atoms with Crippen molar-refractivity contribution in [2.75, 3.05) is 23.7 Å². The number of thiazole rings is 1. The Balaban J connectivity index is 1.40. The molecule has 1 aliphatic heterocycles. The highest BCUT2D eigenvalue weighted by atomic mass is 32.1. The van der Waals surface area contributed by atoms with Gasteiger partial charge in [0, 0.05) is 12.2 Å². The first-order chi connectivity index (χ1) is 13.2. The van der Waals surface area contributed by atoms with Gasteiger partial charge >= 0.3 is 0 Å². The van der Waals surface area contributed by atoms with Crippen LogP contribution in [0.1, 0.15) is 25.3 Å². The largest absolute Gasteiger partial charge is 0.332 e. The fourth-order valence-corrected chi connectivity index (χ4v) is 4.59. The Hall–Kier alpha value is -2.02. The standard InChI is InChI=1S/C21H24N4S2/c1-15-9-11-25(12-10-15)14-16-7-8-18-19(13-16)27-21(23-18)24-20(26)22-17-5-3-2-4-6-17/h2-8,13,15H,9-12,14H2,1H3,(H2,22,23,24,26). The van der Waals surface area contributed by atoms with E-state index in [1.807, 2.05) is 30.3 Å². The molecule has 2 aromatic carbocycles. The molecule has 0 amide bonds. The van der Waals surface area contributed by atoms with Gasteiger partial charge in [0.25, 0.3) is 0 Å². The summed E-state index contributed by atoms with van der Waals surface area (Å²) in [6.07, 6.45) is 2.62. The van der Waals surface area contributed by atoms with Crippen LogP contribution in [0.3, 0.4) is 0 Å². The highest BCUT2D eigenvalue weighted by molar-refractivity contribution is 7.80. The molecule has 4 nitrogen and oxygen atoms in total. The Morgan fingerprint density at radius 2 is 1.93 bits per heavy atom. The molecule has 2 heterocycles. The summed E-state index contributed by atoms with van der Waals surface area (Å²) in [5.41, 5.74) is 3.34. The second-order valence-corrected chi connectivity index (χ2v) is 8.66. The summed E-state index contributed by atoms with van der Waals surface area (Å²) in [6, 6.07) is 16.5. The van der Waals surface area contributed by atoms with Gasteiger partial charge in [-0.1, -0.05) is 42.5 Å². The highest BCUT2D eigenvalue weighted by Crippen LogP contribution is 2.28. The SMILES string of the molecule is CC1CCN(Cc2ccc3nc(NC(=S)Nc4ccccc4)sc3c2)CC1. The first-order valence-electron chi connectivity index (χ1n) is 9.40. The Bertz CT molecular complexity index is 914. The van der Waals surface area contributed by atoms with E-state index < -0.39 is 0 Å². The van der Waals surface area contributed by atoms with Crippen molar-refractivity contribution in [3.8, 4) is 0 Å². The zero-order chi connectivity index (χ0) is 18.6. The molecule has 0 atom stereocenters. The number of para-hydroxylation sites is 1. The summed E-state index contributed by atoms with van der Waals surface area (Å²) in [4.78, 5) is 7.21. The Morgan fingerprint density at radius 1 is 1.15 bits per heavy atom. The Labute approximate surface area is 169 Å². The van der Waals surface area contributed by atoms with Crippen molar-refractivity contribution >= 4 is 49.7 Å². The summed E-state index contributed by atoms with van der Waals surface area (Å²) in [5, 5.41) is 7.77. The van der Waals surface area contributed by atoms with Crippen LogP contribution in [-0.4, -0.2) is 28.1 Å². The molecule has 4 rings (SSSR count). The topological polar surface area (TPSA) is 40.2 Å². The number of fused-ring (bicyclic) bond motifs is 1. The molecule has 0 saturated carbocycles. The van der Waals surface area contributed by atoms with E-state index in [0.717, 1.165) is 28.8 Å². The molecule has 3 aromatic rings. The lowest BCUT2D eigenvalue weighted by atomic mass is 9.99. The van der Waals surface area contributed by atoms with Gasteiger partial charge in [-0.3, -0.25) is 4.90 Å². The average Bonchev–Trinajstić information content (AvgIpc) is 3.05. The van der Waals surface area contributed by atoms with E-state index >= 15 is 0 Å². The van der Waals surface area contributed by atoms with E-state index in [-0.39, 0.29) is 0 Å². The van der Waals surface area contributed by atoms with Gasteiger partial charge in [-0.05, 0) is 73.9 Å². The molecule has 0 aliphatic carbocycles. The van der Waals surface area contributed by atoms with Crippen molar-refractivity contribution in [2.45, 2.75) is 26.3 Å². The smallest absolute Gasteiger partial charge is 0.190 e. The number of benzene rings is 2. The lowest BCUT2D eigenvalue weighted by molar-refractivity contribution is 0.185. The molecular formula is C21H24N4S2. The first-order valence-corrected chi connectivity index (χ1v) is 10.6. The third-order valence-corrected chi connectivity index (χ3v) is 6.13. The maximum absolute atomic E-state index is 5.40. The van der Waals surface area contributed by atoms with Gasteiger partial charge in [-0.2, -0.15) is 0 Å². The van der Waals surface area contributed by atoms with Crippen LogP contribution in [0.5, 0.6) is 0 Å². The molecule has 1 aliphatic rings. The van der Waals surface area contributed by atoms with Gasteiger partial charge < -0.3 is 10.6 Å².